The third-order valence-electron chi connectivity index (χ3n) is 2.18. The third-order valence-corrected chi connectivity index (χ3v) is 2.18. The summed E-state index contributed by atoms with van der Waals surface area (Å²) in [5.41, 5.74) is -3.76. The third kappa shape index (κ3) is 4.43. The van der Waals surface area contributed by atoms with E-state index in [1.165, 1.54) is 0 Å². The summed E-state index contributed by atoms with van der Waals surface area (Å²) in [6.07, 6.45) is -0.613. The lowest BCUT2D eigenvalue weighted by Gasteiger charge is -2.43. The van der Waals surface area contributed by atoms with Gasteiger partial charge in [-0.1, -0.05) is 6.92 Å². The summed E-state index contributed by atoms with van der Waals surface area (Å²) in [4.78, 5) is 42.2. The van der Waals surface area contributed by atoms with E-state index in [2.05, 4.69) is 0 Å². The van der Waals surface area contributed by atoms with E-state index in [4.69, 9.17) is 0 Å². The van der Waals surface area contributed by atoms with Crippen molar-refractivity contribution >= 4 is 23.9 Å². The van der Waals surface area contributed by atoms with Crippen molar-refractivity contribution in [3.05, 3.63) is 0 Å². The van der Waals surface area contributed by atoms with Gasteiger partial charge in [-0.2, -0.15) is 0 Å². The molecule has 0 aliphatic heterocycles. The van der Waals surface area contributed by atoms with Gasteiger partial charge in [0.25, 0.3) is 0 Å². The number of hydrogen-bond donors (Lipinski definition) is 4. The lowest BCUT2D eigenvalue weighted by atomic mass is 9.74. The molecule has 20 heavy (non-hydrogen) atoms. The summed E-state index contributed by atoms with van der Waals surface area (Å²) in [7, 11) is 0. The quantitative estimate of drug-likeness (QED) is 0.345. The van der Waals surface area contributed by atoms with Crippen LogP contribution in [0.15, 0.2) is 0 Å². The molecule has 0 aromatic heterocycles. The first-order chi connectivity index (χ1) is 7.22. The molecule has 122 valence electrons. The average molecular weight is 302 g/mol. The lowest BCUT2D eigenvalue weighted by molar-refractivity contribution is -0.371. The molecule has 0 aliphatic rings. The maximum absolute atomic E-state index is 10.6. The molecule has 0 fully saturated rings. The molecule has 16 N–H and O–H groups in total. The predicted molar refractivity (Wildman–Crippen MR) is 60.2 cm³/mol. The summed E-state index contributed by atoms with van der Waals surface area (Å²) >= 11 is 0. The Balaban J connectivity index is -0.000000187. The Morgan fingerprint density at radius 3 is 1.10 bits per heavy atom. The maximum atomic E-state index is 10.6. The second-order valence-electron chi connectivity index (χ2n) is 2.95. The van der Waals surface area contributed by atoms with Crippen molar-refractivity contribution in [1.82, 2.24) is 24.6 Å². The minimum absolute atomic E-state index is 0. The molecule has 0 aromatic rings. The van der Waals surface area contributed by atoms with Gasteiger partial charge < -0.3 is 64.2 Å². The molecule has 0 rings (SSSR count). The number of carbonyl (C=O) groups is 4. The molecule has 0 heterocycles. The number of carboxylic acids is 4. The number of aliphatic carboxylic acids is 4. The van der Waals surface area contributed by atoms with E-state index in [0.29, 0.717) is 0 Å². The number of rotatable bonds is 6. The molecule has 0 aromatic carbocycles. The van der Waals surface area contributed by atoms with Crippen LogP contribution in [-0.4, -0.2) is 23.9 Å². The summed E-state index contributed by atoms with van der Waals surface area (Å²) in [5.74, 6) is -12.4. The number of carboxylic acid groups (broad SMARTS) is 4. The maximum Gasteiger partial charge on any atom is 0.0967 e. The van der Waals surface area contributed by atoms with E-state index in [1.54, 1.807) is 0 Å². The second kappa shape index (κ2) is 10.6. The summed E-state index contributed by atoms with van der Waals surface area (Å²) < 4.78 is 0. The van der Waals surface area contributed by atoms with Crippen molar-refractivity contribution in [2.75, 3.05) is 0 Å². The Labute approximate surface area is 114 Å². The highest BCUT2D eigenvalue weighted by Crippen LogP contribution is 2.29. The van der Waals surface area contributed by atoms with Crippen LogP contribution in [0.1, 0.15) is 13.3 Å². The SMILES string of the molecule is CCC(C(=O)[O-])C(C(=O)[O-])(C(=O)[O-])C(=O)[O-].[NH4+].[NH4+].[NH4+].[NH4+]. The van der Waals surface area contributed by atoms with Gasteiger partial charge in [-0.25, -0.2) is 0 Å². The molecular weight excluding hydrogens is 280 g/mol. The van der Waals surface area contributed by atoms with Gasteiger partial charge in [0.05, 0.1) is 23.3 Å². The molecule has 1 unspecified atom stereocenters. The Hall–Kier alpha value is -2.28. The second-order valence-corrected chi connectivity index (χ2v) is 2.95. The smallest absolute Gasteiger partial charge is 0.0967 e. The first kappa shape index (κ1) is 30.6. The lowest BCUT2D eigenvalue weighted by Crippen LogP contribution is -2.68. The fourth-order valence-corrected chi connectivity index (χ4v) is 1.33. The molecule has 1 atom stereocenters. The van der Waals surface area contributed by atoms with Crippen molar-refractivity contribution < 1.29 is 39.6 Å². The van der Waals surface area contributed by atoms with Crippen molar-refractivity contribution in [1.29, 1.82) is 0 Å². The average Bonchev–Trinajstić information content (AvgIpc) is 2.10. The molecule has 0 aliphatic carbocycles. The Bertz CT molecular complexity index is 322. The number of quaternary nitrogens is 4. The van der Waals surface area contributed by atoms with Crippen LogP contribution in [0.4, 0.5) is 0 Å². The molecule has 0 radical (unpaired) electrons. The normalized spacial score (nSPS) is 10.2. The van der Waals surface area contributed by atoms with Crippen molar-refractivity contribution in [2.45, 2.75) is 13.3 Å². The topological polar surface area (TPSA) is 307 Å². The van der Waals surface area contributed by atoms with Gasteiger partial charge in [-0.05, 0) is 6.42 Å². The van der Waals surface area contributed by atoms with Crippen LogP contribution in [0, 0.1) is 11.3 Å². The van der Waals surface area contributed by atoms with Gasteiger partial charge in [0.15, 0.2) is 0 Å². The molecule has 0 amide bonds. The molecule has 12 nitrogen and oxygen atoms in total. The zero-order valence-electron chi connectivity index (χ0n) is 12.1. The Morgan fingerprint density at radius 2 is 1.05 bits per heavy atom. The van der Waals surface area contributed by atoms with Crippen LogP contribution in [0.2, 0.25) is 0 Å². The first-order valence-corrected chi connectivity index (χ1v) is 4.08. The summed E-state index contributed by atoms with van der Waals surface area (Å²) in [6, 6.07) is 0. The summed E-state index contributed by atoms with van der Waals surface area (Å²) in [6.45, 7) is 1.07. The fraction of sp³-hybridized carbons (Fsp3) is 0.500. The van der Waals surface area contributed by atoms with Gasteiger partial charge in [0.1, 0.15) is 0 Å². The van der Waals surface area contributed by atoms with Crippen LogP contribution in [0.25, 0.3) is 0 Å². The largest absolute Gasteiger partial charge is 0.550 e. The highest BCUT2D eigenvalue weighted by Gasteiger charge is 2.43. The van der Waals surface area contributed by atoms with Gasteiger partial charge >= 0.3 is 0 Å². The zero-order chi connectivity index (χ0) is 13.1. The Morgan fingerprint density at radius 1 is 0.800 bits per heavy atom. The zero-order valence-corrected chi connectivity index (χ0v) is 12.1. The van der Waals surface area contributed by atoms with Crippen molar-refractivity contribution in [3.8, 4) is 0 Å². The summed E-state index contributed by atoms with van der Waals surface area (Å²) in [5, 5.41) is 42.2. The minimum Gasteiger partial charge on any atom is -0.550 e. The fourth-order valence-electron chi connectivity index (χ4n) is 1.33. The van der Waals surface area contributed by atoms with E-state index >= 15 is 0 Å². The van der Waals surface area contributed by atoms with E-state index in [1.807, 2.05) is 0 Å². The number of hydrogen-bond acceptors (Lipinski definition) is 8. The number of carbonyl (C=O) groups excluding carboxylic acids is 4. The van der Waals surface area contributed by atoms with Crippen LogP contribution >= 0.6 is 0 Å². The predicted octanol–water partition coefficient (Wildman–Crippen LogP) is -4.50. The van der Waals surface area contributed by atoms with E-state index < -0.39 is 41.6 Å². The van der Waals surface area contributed by atoms with Crippen LogP contribution in [-0.2, 0) is 19.2 Å². The van der Waals surface area contributed by atoms with E-state index in [0.717, 1.165) is 6.92 Å². The van der Waals surface area contributed by atoms with Gasteiger partial charge in [-0.3, -0.25) is 0 Å². The van der Waals surface area contributed by atoms with Crippen LogP contribution in [0.3, 0.4) is 0 Å². The van der Waals surface area contributed by atoms with Gasteiger partial charge in [0.2, 0.25) is 0 Å². The van der Waals surface area contributed by atoms with E-state index in [-0.39, 0.29) is 24.6 Å². The van der Waals surface area contributed by atoms with Crippen LogP contribution in [0.5, 0.6) is 0 Å². The monoisotopic (exact) mass is 302 g/mol. The molecule has 0 saturated carbocycles. The standard InChI is InChI=1S/C8H10O8.4H3N/c1-2-3(4(9)10)8(5(11)12,6(13)14)7(15)16;;;;/h3H,2H2,1H3,(H,9,10)(H,11,12)(H,13,14)(H,15,16);4*1H3. The first-order valence-electron chi connectivity index (χ1n) is 4.08. The molecular formula is C8H22N4O8. The molecule has 0 bridgehead atoms. The van der Waals surface area contributed by atoms with Crippen LogP contribution < -0.4 is 45.0 Å². The highest BCUT2D eigenvalue weighted by atomic mass is 16.4. The Kier molecular flexibility index (Phi) is 16.3. The van der Waals surface area contributed by atoms with Crippen molar-refractivity contribution in [3.63, 3.8) is 0 Å². The van der Waals surface area contributed by atoms with Crippen molar-refractivity contribution in [2.24, 2.45) is 11.3 Å². The molecule has 12 heteroatoms. The van der Waals surface area contributed by atoms with Gasteiger partial charge in [0, 0.05) is 11.9 Å². The minimum atomic E-state index is -3.76. The van der Waals surface area contributed by atoms with Gasteiger partial charge in [-0.15, -0.1) is 0 Å². The molecule has 0 spiro atoms. The highest BCUT2D eigenvalue weighted by molar-refractivity contribution is 6.17. The van der Waals surface area contributed by atoms with E-state index in [9.17, 15) is 39.6 Å². The molecule has 0 saturated heterocycles.